The van der Waals surface area contributed by atoms with Gasteiger partial charge >= 0.3 is 0 Å². The predicted octanol–water partition coefficient (Wildman–Crippen LogP) is -0.559. The summed E-state index contributed by atoms with van der Waals surface area (Å²) in [7, 11) is 0. The topological polar surface area (TPSA) is 104 Å². The second kappa shape index (κ2) is 7.22. The molecule has 0 saturated carbocycles. The Labute approximate surface area is 137 Å². The first-order valence-electron chi connectivity index (χ1n) is 7.73. The average Bonchev–Trinajstić information content (AvgIpc) is 2.63. The highest BCUT2D eigenvalue weighted by Gasteiger charge is 2.18. The first-order valence-corrected chi connectivity index (χ1v) is 7.73. The van der Waals surface area contributed by atoms with Crippen molar-refractivity contribution in [3.05, 3.63) is 40.3 Å². The van der Waals surface area contributed by atoms with Crippen LogP contribution in [0.15, 0.2) is 29.1 Å². The summed E-state index contributed by atoms with van der Waals surface area (Å²) in [6.45, 7) is 2.07. The summed E-state index contributed by atoms with van der Waals surface area (Å²) in [5.41, 5.74) is 0.179. The molecule has 2 aromatic rings. The molecule has 3 rings (SSSR count). The molecule has 2 heterocycles. The third-order valence-electron chi connectivity index (χ3n) is 3.90. The van der Waals surface area contributed by atoms with Gasteiger partial charge in [0.15, 0.2) is 0 Å². The fourth-order valence-corrected chi connectivity index (χ4v) is 2.62. The van der Waals surface area contributed by atoms with E-state index in [-0.39, 0.29) is 30.3 Å². The number of amides is 2. The smallest absolute Gasteiger partial charge is 0.272 e. The fourth-order valence-electron chi connectivity index (χ4n) is 2.62. The zero-order chi connectivity index (χ0) is 16.9. The number of hydrogen-bond acceptors (Lipinski definition) is 5. The van der Waals surface area contributed by atoms with E-state index in [0.29, 0.717) is 42.8 Å². The maximum atomic E-state index is 12.1. The van der Waals surface area contributed by atoms with Crippen molar-refractivity contribution in [1.29, 1.82) is 0 Å². The minimum atomic E-state index is -0.318. The van der Waals surface area contributed by atoms with E-state index in [4.69, 9.17) is 4.74 Å². The summed E-state index contributed by atoms with van der Waals surface area (Å²) in [6.07, 6.45) is -0.00627. The molecule has 1 saturated heterocycles. The minimum Gasteiger partial charge on any atom is -0.378 e. The molecule has 0 atom stereocenters. The van der Waals surface area contributed by atoms with Crippen LogP contribution in [0.25, 0.3) is 10.8 Å². The van der Waals surface area contributed by atoms with E-state index in [1.54, 1.807) is 29.2 Å². The lowest BCUT2D eigenvalue weighted by Crippen LogP contribution is -2.45. The lowest BCUT2D eigenvalue weighted by Gasteiger charge is -2.26. The van der Waals surface area contributed by atoms with Gasteiger partial charge in [-0.2, -0.15) is 5.10 Å². The molecule has 24 heavy (non-hydrogen) atoms. The van der Waals surface area contributed by atoms with Crippen molar-refractivity contribution in [1.82, 2.24) is 20.4 Å². The van der Waals surface area contributed by atoms with Crippen molar-refractivity contribution in [2.24, 2.45) is 0 Å². The van der Waals surface area contributed by atoms with E-state index < -0.39 is 0 Å². The molecular weight excluding hydrogens is 312 g/mol. The van der Waals surface area contributed by atoms with Crippen molar-refractivity contribution in [3.8, 4) is 0 Å². The molecule has 2 N–H and O–H groups in total. The number of carbonyl (C=O) groups is 2. The van der Waals surface area contributed by atoms with Crippen LogP contribution in [0, 0.1) is 0 Å². The van der Waals surface area contributed by atoms with Gasteiger partial charge in [0.2, 0.25) is 11.8 Å². The molecule has 1 fully saturated rings. The van der Waals surface area contributed by atoms with Crippen LogP contribution in [0.4, 0.5) is 0 Å². The van der Waals surface area contributed by atoms with E-state index >= 15 is 0 Å². The number of aromatic nitrogens is 2. The highest BCUT2D eigenvalue weighted by molar-refractivity contribution is 5.90. The lowest BCUT2D eigenvalue weighted by atomic mass is 10.1. The van der Waals surface area contributed by atoms with Crippen molar-refractivity contribution >= 4 is 22.6 Å². The van der Waals surface area contributed by atoms with Gasteiger partial charge in [-0.1, -0.05) is 18.2 Å². The highest BCUT2D eigenvalue weighted by Crippen LogP contribution is 2.12. The standard InChI is InChI=1S/C16H18N4O4/c21-14(17-10-15(22)20-5-7-24-8-6-20)9-13-11-3-1-2-4-12(11)16(23)19-18-13/h1-4H,5-10H2,(H,17,21)(H,19,23). The Morgan fingerprint density at radius 3 is 2.67 bits per heavy atom. The van der Waals surface area contributed by atoms with Crippen LogP contribution >= 0.6 is 0 Å². The number of benzene rings is 1. The molecule has 0 radical (unpaired) electrons. The van der Waals surface area contributed by atoms with Crippen LogP contribution in [-0.4, -0.2) is 59.8 Å². The first kappa shape index (κ1) is 16.1. The van der Waals surface area contributed by atoms with Crippen LogP contribution < -0.4 is 10.9 Å². The Morgan fingerprint density at radius 1 is 1.21 bits per heavy atom. The molecule has 8 heteroatoms. The minimum absolute atomic E-state index is 0.00627. The molecule has 1 aromatic heterocycles. The first-order chi connectivity index (χ1) is 11.6. The number of nitrogens with zero attached hydrogens (tertiary/aromatic N) is 2. The molecule has 8 nitrogen and oxygen atoms in total. The van der Waals surface area contributed by atoms with Gasteiger partial charge in [-0.25, -0.2) is 5.10 Å². The maximum absolute atomic E-state index is 12.1. The fraction of sp³-hybridized carbons (Fsp3) is 0.375. The number of fused-ring (bicyclic) bond motifs is 1. The van der Waals surface area contributed by atoms with E-state index in [0.717, 1.165) is 0 Å². The quantitative estimate of drug-likeness (QED) is 0.782. The predicted molar refractivity (Wildman–Crippen MR) is 86.5 cm³/mol. The number of nitrogens with one attached hydrogen (secondary N) is 2. The zero-order valence-corrected chi connectivity index (χ0v) is 13.1. The van der Waals surface area contributed by atoms with E-state index in [2.05, 4.69) is 15.5 Å². The number of carbonyl (C=O) groups excluding carboxylic acids is 2. The van der Waals surface area contributed by atoms with Crippen LogP contribution in [0.2, 0.25) is 0 Å². The summed E-state index contributed by atoms with van der Waals surface area (Å²) < 4.78 is 5.19. The summed E-state index contributed by atoms with van der Waals surface area (Å²) in [5, 5.41) is 10.1. The second-order valence-corrected chi connectivity index (χ2v) is 5.49. The van der Waals surface area contributed by atoms with Gasteiger partial charge in [-0.05, 0) is 6.07 Å². The average molecular weight is 330 g/mol. The van der Waals surface area contributed by atoms with Crippen molar-refractivity contribution in [2.75, 3.05) is 32.8 Å². The monoisotopic (exact) mass is 330 g/mol. The number of rotatable bonds is 4. The molecular formula is C16H18N4O4. The van der Waals surface area contributed by atoms with Gasteiger partial charge in [0.05, 0.1) is 37.3 Å². The number of ether oxygens (including phenoxy) is 1. The Bertz CT molecular complexity index is 811. The summed E-state index contributed by atoms with van der Waals surface area (Å²) >= 11 is 0. The molecule has 1 aliphatic heterocycles. The Kier molecular flexibility index (Phi) is 4.85. The van der Waals surface area contributed by atoms with Crippen molar-refractivity contribution in [2.45, 2.75) is 6.42 Å². The largest absolute Gasteiger partial charge is 0.378 e. The van der Waals surface area contributed by atoms with Gasteiger partial charge in [-0.15, -0.1) is 0 Å². The van der Waals surface area contributed by atoms with Crippen molar-refractivity contribution < 1.29 is 14.3 Å². The summed E-state index contributed by atoms with van der Waals surface area (Å²) in [6, 6.07) is 6.97. The van der Waals surface area contributed by atoms with Crippen LogP contribution in [-0.2, 0) is 20.7 Å². The molecule has 1 aliphatic rings. The second-order valence-electron chi connectivity index (χ2n) is 5.49. The Hall–Kier alpha value is -2.74. The number of morpholine rings is 1. The molecule has 0 bridgehead atoms. The van der Waals surface area contributed by atoms with Gasteiger partial charge in [0, 0.05) is 18.5 Å². The van der Waals surface area contributed by atoms with E-state index in [9.17, 15) is 14.4 Å². The Morgan fingerprint density at radius 2 is 1.92 bits per heavy atom. The highest BCUT2D eigenvalue weighted by atomic mass is 16.5. The van der Waals surface area contributed by atoms with E-state index in [1.807, 2.05) is 0 Å². The molecule has 1 aromatic carbocycles. The lowest BCUT2D eigenvalue weighted by molar-refractivity contribution is -0.136. The van der Waals surface area contributed by atoms with Crippen LogP contribution in [0.5, 0.6) is 0 Å². The third kappa shape index (κ3) is 3.60. The molecule has 126 valence electrons. The van der Waals surface area contributed by atoms with Crippen LogP contribution in [0.1, 0.15) is 5.69 Å². The number of hydrogen-bond donors (Lipinski definition) is 2. The normalized spacial score (nSPS) is 14.6. The van der Waals surface area contributed by atoms with Crippen molar-refractivity contribution in [3.63, 3.8) is 0 Å². The van der Waals surface area contributed by atoms with Gasteiger partial charge < -0.3 is 15.0 Å². The zero-order valence-electron chi connectivity index (χ0n) is 13.1. The van der Waals surface area contributed by atoms with Gasteiger partial charge in [0.1, 0.15) is 0 Å². The van der Waals surface area contributed by atoms with Crippen LogP contribution in [0.3, 0.4) is 0 Å². The number of H-pyrrole nitrogens is 1. The molecule has 0 spiro atoms. The SMILES string of the molecule is O=C(Cc1n[nH]c(=O)c2ccccc12)NCC(=O)N1CCOCC1. The van der Waals surface area contributed by atoms with E-state index in [1.165, 1.54) is 0 Å². The molecule has 2 amide bonds. The van der Waals surface area contributed by atoms with Gasteiger partial charge in [0.25, 0.3) is 5.56 Å². The third-order valence-corrected chi connectivity index (χ3v) is 3.90. The molecule has 0 aliphatic carbocycles. The summed E-state index contributed by atoms with van der Waals surface area (Å²) in [5.74, 6) is -0.452. The molecule has 0 unspecified atom stereocenters. The number of aromatic amines is 1. The van der Waals surface area contributed by atoms with Gasteiger partial charge in [-0.3, -0.25) is 14.4 Å². The summed E-state index contributed by atoms with van der Waals surface area (Å²) in [4.78, 5) is 37.5. The maximum Gasteiger partial charge on any atom is 0.272 e. The Balaban J connectivity index is 1.62.